The van der Waals surface area contributed by atoms with Crippen molar-refractivity contribution in [2.45, 2.75) is 57.5 Å². The number of hydrogen-bond acceptors (Lipinski definition) is 3. The number of fused-ring (bicyclic) bond motifs is 1. The molecule has 0 radical (unpaired) electrons. The van der Waals surface area contributed by atoms with Gasteiger partial charge in [-0.1, -0.05) is 26.2 Å². The highest BCUT2D eigenvalue weighted by Crippen LogP contribution is 2.21. The lowest BCUT2D eigenvalue weighted by molar-refractivity contribution is 0.0462. The molecule has 100 valence electrons. The predicted octanol–water partition coefficient (Wildman–Crippen LogP) is 1.67. The molecule has 2 unspecified atom stereocenters. The average molecular weight is 239 g/mol. The maximum absolute atomic E-state index is 6.20. The summed E-state index contributed by atoms with van der Waals surface area (Å²) in [5.74, 6) is 0. The molecule has 2 N–H and O–H groups in total. The Morgan fingerprint density at radius 1 is 1.24 bits per heavy atom. The topological polar surface area (TPSA) is 32.5 Å². The highest BCUT2D eigenvalue weighted by atomic mass is 15.3. The summed E-state index contributed by atoms with van der Waals surface area (Å²) in [6, 6.07) is 1.22. The Hall–Kier alpha value is -0.120. The van der Waals surface area contributed by atoms with Crippen LogP contribution in [0.25, 0.3) is 0 Å². The van der Waals surface area contributed by atoms with Gasteiger partial charge in [-0.25, -0.2) is 0 Å². The van der Waals surface area contributed by atoms with Gasteiger partial charge < -0.3 is 5.73 Å². The van der Waals surface area contributed by atoms with Crippen LogP contribution in [0, 0.1) is 0 Å². The van der Waals surface area contributed by atoms with Crippen LogP contribution in [0.4, 0.5) is 0 Å². The van der Waals surface area contributed by atoms with Crippen LogP contribution in [0.3, 0.4) is 0 Å². The molecule has 0 amide bonds. The summed E-state index contributed by atoms with van der Waals surface area (Å²) in [5, 5.41) is 0. The van der Waals surface area contributed by atoms with Crippen molar-refractivity contribution in [3.05, 3.63) is 0 Å². The summed E-state index contributed by atoms with van der Waals surface area (Å²) in [4.78, 5) is 5.30. The third kappa shape index (κ3) is 3.94. The monoisotopic (exact) mass is 239 g/mol. The van der Waals surface area contributed by atoms with Gasteiger partial charge in [0.2, 0.25) is 0 Å². The number of piperidine rings is 1. The van der Waals surface area contributed by atoms with Crippen molar-refractivity contribution in [2.75, 3.05) is 32.7 Å². The summed E-state index contributed by atoms with van der Waals surface area (Å²) in [6.45, 7) is 8.46. The number of nitrogens with zero attached hydrogens (tertiary/aromatic N) is 2. The van der Waals surface area contributed by atoms with Crippen LogP contribution in [0.1, 0.15) is 45.4 Å². The fourth-order valence-corrected chi connectivity index (χ4v) is 3.28. The van der Waals surface area contributed by atoms with Crippen molar-refractivity contribution in [3.63, 3.8) is 0 Å². The molecule has 2 aliphatic heterocycles. The van der Waals surface area contributed by atoms with E-state index in [4.69, 9.17) is 5.73 Å². The second-order valence-corrected chi connectivity index (χ2v) is 5.85. The molecular formula is C14H29N3. The highest BCUT2D eigenvalue weighted by Gasteiger charge is 2.29. The lowest BCUT2D eigenvalue weighted by atomic mass is 9.99. The summed E-state index contributed by atoms with van der Waals surface area (Å²) < 4.78 is 0. The molecule has 3 nitrogen and oxygen atoms in total. The smallest absolute Gasteiger partial charge is 0.0223 e. The number of hydrogen-bond donors (Lipinski definition) is 1. The summed E-state index contributed by atoms with van der Waals surface area (Å²) >= 11 is 0. The first-order valence-electron chi connectivity index (χ1n) is 7.51. The number of nitrogens with two attached hydrogens (primary N) is 1. The minimum absolute atomic E-state index is 0.394. The van der Waals surface area contributed by atoms with Gasteiger partial charge in [0.25, 0.3) is 0 Å². The Balaban J connectivity index is 1.71. The molecule has 2 fully saturated rings. The van der Waals surface area contributed by atoms with Gasteiger partial charge in [0.1, 0.15) is 0 Å². The van der Waals surface area contributed by atoms with Crippen LogP contribution in [0.5, 0.6) is 0 Å². The highest BCUT2D eigenvalue weighted by molar-refractivity contribution is 4.86. The first kappa shape index (κ1) is 13.3. The minimum Gasteiger partial charge on any atom is -0.327 e. The Kier molecular flexibility index (Phi) is 5.26. The van der Waals surface area contributed by atoms with Crippen LogP contribution < -0.4 is 5.73 Å². The van der Waals surface area contributed by atoms with E-state index in [1.54, 1.807) is 0 Å². The van der Waals surface area contributed by atoms with Gasteiger partial charge in [0.05, 0.1) is 0 Å². The van der Waals surface area contributed by atoms with Crippen molar-refractivity contribution >= 4 is 0 Å². The van der Waals surface area contributed by atoms with Gasteiger partial charge in [0, 0.05) is 38.3 Å². The number of unbranched alkanes of at least 4 members (excludes halogenated alkanes) is 1. The lowest BCUT2D eigenvalue weighted by Crippen LogP contribution is -2.56. The first-order valence-corrected chi connectivity index (χ1v) is 7.51. The maximum atomic E-state index is 6.20. The molecule has 0 bridgehead atoms. The maximum Gasteiger partial charge on any atom is 0.0223 e. The fraction of sp³-hybridized carbons (Fsp3) is 1.00. The van der Waals surface area contributed by atoms with Crippen LogP contribution >= 0.6 is 0 Å². The van der Waals surface area contributed by atoms with Crippen molar-refractivity contribution in [1.82, 2.24) is 9.80 Å². The Morgan fingerprint density at radius 2 is 2.12 bits per heavy atom. The minimum atomic E-state index is 0.394. The molecule has 2 rings (SSSR count). The third-order valence-corrected chi connectivity index (χ3v) is 4.34. The fourth-order valence-electron chi connectivity index (χ4n) is 3.28. The zero-order valence-electron chi connectivity index (χ0n) is 11.4. The van der Waals surface area contributed by atoms with E-state index in [-0.39, 0.29) is 0 Å². The van der Waals surface area contributed by atoms with E-state index in [1.807, 2.05) is 0 Å². The van der Waals surface area contributed by atoms with Crippen molar-refractivity contribution in [2.24, 2.45) is 5.73 Å². The summed E-state index contributed by atoms with van der Waals surface area (Å²) in [7, 11) is 0. The van der Waals surface area contributed by atoms with Crippen molar-refractivity contribution in [1.29, 1.82) is 0 Å². The van der Waals surface area contributed by atoms with Gasteiger partial charge in [-0.05, 0) is 25.8 Å². The molecule has 0 aromatic carbocycles. The normalized spacial score (nSPS) is 28.9. The second-order valence-electron chi connectivity index (χ2n) is 5.85. The summed E-state index contributed by atoms with van der Waals surface area (Å²) in [6.07, 6.45) is 7.99. The van der Waals surface area contributed by atoms with Crippen LogP contribution in [0.2, 0.25) is 0 Å². The average Bonchev–Trinajstić information content (AvgIpc) is 2.36. The Labute approximate surface area is 106 Å². The molecule has 0 aromatic rings. The van der Waals surface area contributed by atoms with Gasteiger partial charge in [-0.15, -0.1) is 0 Å². The molecular weight excluding hydrogens is 210 g/mol. The van der Waals surface area contributed by atoms with E-state index in [1.165, 1.54) is 64.7 Å². The number of rotatable bonds is 5. The van der Waals surface area contributed by atoms with Gasteiger partial charge in [-0.3, -0.25) is 9.80 Å². The lowest BCUT2D eigenvalue weighted by Gasteiger charge is -2.44. The molecule has 0 spiro atoms. The van der Waals surface area contributed by atoms with E-state index in [9.17, 15) is 0 Å². The van der Waals surface area contributed by atoms with Crippen molar-refractivity contribution in [3.8, 4) is 0 Å². The molecule has 2 saturated heterocycles. The quantitative estimate of drug-likeness (QED) is 0.792. The zero-order chi connectivity index (χ0) is 12.1. The molecule has 0 aromatic heterocycles. The van der Waals surface area contributed by atoms with Crippen LogP contribution in [-0.4, -0.2) is 54.6 Å². The van der Waals surface area contributed by atoms with Gasteiger partial charge in [0.15, 0.2) is 0 Å². The Morgan fingerprint density at radius 3 is 2.94 bits per heavy atom. The Bertz CT molecular complexity index is 220. The SMILES string of the molecule is CCCCC(N)CN1CCN2CCCCC2C1. The molecule has 2 atom stereocenters. The molecule has 0 aliphatic carbocycles. The standard InChI is InChI=1S/C14H29N3/c1-2-3-6-13(15)11-16-9-10-17-8-5-4-7-14(17)12-16/h13-14H,2-12,15H2,1H3. The zero-order valence-corrected chi connectivity index (χ0v) is 11.4. The van der Waals surface area contributed by atoms with E-state index in [2.05, 4.69) is 16.7 Å². The third-order valence-electron chi connectivity index (χ3n) is 4.34. The van der Waals surface area contributed by atoms with E-state index in [0.29, 0.717) is 6.04 Å². The number of piperazine rings is 1. The molecule has 2 aliphatic rings. The van der Waals surface area contributed by atoms with Crippen LogP contribution in [0.15, 0.2) is 0 Å². The van der Waals surface area contributed by atoms with Crippen LogP contribution in [-0.2, 0) is 0 Å². The largest absolute Gasteiger partial charge is 0.327 e. The predicted molar refractivity (Wildman–Crippen MR) is 73.2 cm³/mol. The second kappa shape index (κ2) is 6.72. The van der Waals surface area contributed by atoms with Crippen molar-refractivity contribution < 1.29 is 0 Å². The first-order chi connectivity index (χ1) is 8.29. The van der Waals surface area contributed by atoms with E-state index >= 15 is 0 Å². The van der Waals surface area contributed by atoms with E-state index < -0.39 is 0 Å². The molecule has 3 heteroatoms. The molecule has 2 heterocycles. The van der Waals surface area contributed by atoms with E-state index in [0.717, 1.165) is 12.6 Å². The van der Waals surface area contributed by atoms with Gasteiger partial charge in [-0.2, -0.15) is 0 Å². The van der Waals surface area contributed by atoms with Gasteiger partial charge >= 0.3 is 0 Å². The molecule has 17 heavy (non-hydrogen) atoms. The molecule has 0 saturated carbocycles. The summed E-state index contributed by atoms with van der Waals surface area (Å²) in [5.41, 5.74) is 6.20.